The van der Waals surface area contributed by atoms with E-state index in [0.717, 1.165) is 22.3 Å². The molecule has 102 valence electrons. The molecule has 6 heteroatoms. The second-order valence-electron chi connectivity index (χ2n) is 4.69. The number of hydrogen-bond donors (Lipinski definition) is 1. The Kier molecular flexibility index (Phi) is 2.72. The molecule has 0 spiro atoms. The van der Waals surface area contributed by atoms with Gasteiger partial charge in [-0.3, -0.25) is 5.10 Å². The van der Waals surface area contributed by atoms with Crippen LogP contribution >= 0.6 is 11.6 Å². The molecular weight excluding hydrogens is 286 g/mol. The quantitative estimate of drug-likeness (QED) is 0.578. The molecule has 0 saturated carbocycles. The molecule has 4 rings (SSSR count). The van der Waals surface area contributed by atoms with Crippen LogP contribution in [0.25, 0.3) is 22.3 Å². The smallest absolute Gasteiger partial charge is 0.270 e. The Hall–Kier alpha value is -2.66. The Morgan fingerprint density at radius 2 is 2.00 bits per heavy atom. The van der Waals surface area contributed by atoms with Gasteiger partial charge < -0.3 is 0 Å². The first kappa shape index (κ1) is 12.1. The van der Waals surface area contributed by atoms with Gasteiger partial charge in [0.05, 0.1) is 17.1 Å². The lowest BCUT2D eigenvalue weighted by Gasteiger charge is -1.99. The van der Waals surface area contributed by atoms with E-state index in [2.05, 4.69) is 15.3 Å². The molecule has 5 nitrogen and oxygen atoms in total. The molecule has 2 aromatic carbocycles. The van der Waals surface area contributed by atoms with E-state index >= 15 is 0 Å². The number of aromatic amines is 1. The van der Waals surface area contributed by atoms with E-state index in [-0.39, 0.29) is 0 Å². The highest BCUT2D eigenvalue weighted by atomic mass is 35.5. The summed E-state index contributed by atoms with van der Waals surface area (Å²) in [5, 5.41) is 13.0. The number of halogens is 1. The van der Waals surface area contributed by atoms with E-state index in [1.807, 2.05) is 58.0 Å². The standard InChI is InChI=1S/C15H11ClN5/c16-11-6-14-13(8-17-19-14)15(7-11)20-9-18-21(10-20)12-4-2-1-3-5-12/h1-10H,(H,17,19)/q+1. The van der Waals surface area contributed by atoms with E-state index in [9.17, 15) is 0 Å². The number of aromatic nitrogens is 5. The fourth-order valence-corrected chi connectivity index (χ4v) is 2.55. The predicted molar refractivity (Wildman–Crippen MR) is 79.8 cm³/mol. The third kappa shape index (κ3) is 2.08. The van der Waals surface area contributed by atoms with Gasteiger partial charge in [-0.1, -0.05) is 34.5 Å². The fraction of sp³-hybridized carbons (Fsp3) is 0. The van der Waals surface area contributed by atoms with Gasteiger partial charge in [0.25, 0.3) is 6.33 Å². The molecule has 0 aliphatic heterocycles. The maximum absolute atomic E-state index is 6.17. The van der Waals surface area contributed by atoms with Gasteiger partial charge >= 0.3 is 0 Å². The first-order valence-corrected chi connectivity index (χ1v) is 6.83. The van der Waals surface area contributed by atoms with Crippen molar-refractivity contribution in [3.05, 3.63) is 66.3 Å². The van der Waals surface area contributed by atoms with Crippen LogP contribution in [0, 0.1) is 0 Å². The number of rotatable bonds is 2. The molecule has 0 amide bonds. The van der Waals surface area contributed by atoms with Gasteiger partial charge in [0.15, 0.2) is 0 Å². The lowest BCUT2D eigenvalue weighted by molar-refractivity contribution is -0.594. The van der Waals surface area contributed by atoms with Crippen LogP contribution in [0.4, 0.5) is 0 Å². The summed E-state index contributed by atoms with van der Waals surface area (Å²) in [6.45, 7) is 0. The van der Waals surface area contributed by atoms with E-state index in [1.165, 1.54) is 0 Å². The minimum Gasteiger partial charge on any atom is -0.278 e. The lowest BCUT2D eigenvalue weighted by atomic mass is 10.2. The first-order chi connectivity index (χ1) is 10.3. The number of hydrogen-bond acceptors (Lipinski definition) is 2. The third-order valence-electron chi connectivity index (χ3n) is 3.33. The molecule has 0 bridgehead atoms. The zero-order chi connectivity index (χ0) is 14.2. The van der Waals surface area contributed by atoms with Gasteiger partial charge in [0.2, 0.25) is 6.33 Å². The molecule has 4 aromatic rings. The van der Waals surface area contributed by atoms with Gasteiger partial charge in [-0.2, -0.15) is 5.10 Å². The summed E-state index contributed by atoms with van der Waals surface area (Å²) in [6, 6.07) is 13.7. The molecule has 0 radical (unpaired) electrons. The minimum absolute atomic E-state index is 0.654. The average molecular weight is 297 g/mol. The van der Waals surface area contributed by atoms with Crippen LogP contribution in [0.15, 0.2) is 61.3 Å². The highest BCUT2D eigenvalue weighted by Crippen LogP contribution is 2.22. The van der Waals surface area contributed by atoms with Crippen molar-refractivity contribution in [1.29, 1.82) is 0 Å². The molecular formula is C15H11ClN5+. The molecule has 1 N–H and O–H groups in total. The van der Waals surface area contributed by atoms with Crippen molar-refractivity contribution in [2.75, 3.05) is 0 Å². The van der Waals surface area contributed by atoms with Crippen LogP contribution in [0.1, 0.15) is 0 Å². The lowest BCUT2D eigenvalue weighted by Crippen LogP contribution is -2.27. The van der Waals surface area contributed by atoms with Crippen LogP contribution in [0.3, 0.4) is 0 Å². The monoisotopic (exact) mass is 296 g/mol. The molecule has 0 unspecified atom stereocenters. The van der Waals surface area contributed by atoms with Crippen molar-refractivity contribution < 1.29 is 4.57 Å². The van der Waals surface area contributed by atoms with E-state index in [1.54, 1.807) is 12.5 Å². The minimum atomic E-state index is 0.654. The van der Waals surface area contributed by atoms with Gasteiger partial charge in [-0.05, 0) is 24.3 Å². The number of para-hydroxylation sites is 1. The number of fused-ring (bicyclic) bond motifs is 1. The highest BCUT2D eigenvalue weighted by Gasteiger charge is 2.14. The number of H-pyrrole nitrogens is 1. The summed E-state index contributed by atoms with van der Waals surface area (Å²) in [5.74, 6) is 0. The van der Waals surface area contributed by atoms with Crippen LogP contribution in [-0.2, 0) is 0 Å². The van der Waals surface area contributed by atoms with Crippen molar-refractivity contribution in [3.63, 3.8) is 0 Å². The van der Waals surface area contributed by atoms with Gasteiger partial charge in [-0.15, -0.1) is 0 Å². The Morgan fingerprint density at radius 3 is 2.86 bits per heavy atom. The maximum atomic E-state index is 6.17. The molecule has 2 aromatic heterocycles. The third-order valence-corrected chi connectivity index (χ3v) is 3.55. The normalized spacial score (nSPS) is 11.1. The molecule has 0 aliphatic carbocycles. The Morgan fingerprint density at radius 1 is 1.14 bits per heavy atom. The summed E-state index contributed by atoms with van der Waals surface area (Å²) >= 11 is 6.17. The second kappa shape index (κ2) is 4.71. The van der Waals surface area contributed by atoms with E-state index < -0.39 is 0 Å². The number of benzene rings is 2. The predicted octanol–water partition coefficient (Wildman–Crippen LogP) is 2.68. The van der Waals surface area contributed by atoms with Crippen LogP contribution < -0.4 is 4.57 Å². The molecule has 0 atom stereocenters. The SMILES string of the molecule is Clc1cc(-[n+]2cnn(-c3ccccc3)c2)c2cn[nH]c2c1. The zero-order valence-electron chi connectivity index (χ0n) is 10.9. The molecule has 21 heavy (non-hydrogen) atoms. The largest absolute Gasteiger partial charge is 0.278 e. The first-order valence-electron chi connectivity index (χ1n) is 6.45. The topological polar surface area (TPSA) is 50.4 Å². The second-order valence-corrected chi connectivity index (χ2v) is 5.13. The Balaban J connectivity index is 1.87. The zero-order valence-corrected chi connectivity index (χ0v) is 11.7. The van der Waals surface area contributed by atoms with Crippen LogP contribution in [0.5, 0.6) is 0 Å². The van der Waals surface area contributed by atoms with Crippen molar-refractivity contribution in [3.8, 4) is 11.4 Å². The van der Waals surface area contributed by atoms with Crippen molar-refractivity contribution in [2.45, 2.75) is 0 Å². The molecule has 0 fully saturated rings. The fourth-order valence-electron chi connectivity index (χ4n) is 2.34. The van der Waals surface area contributed by atoms with Gasteiger partial charge in [0, 0.05) is 10.1 Å². The van der Waals surface area contributed by atoms with E-state index in [4.69, 9.17) is 11.6 Å². The summed E-state index contributed by atoms with van der Waals surface area (Å²) < 4.78 is 3.74. The van der Waals surface area contributed by atoms with E-state index in [0.29, 0.717) is 5.02 Å². The number of nitrogens with one attached hydrogen (secondary N) is 1. The molecule has 0 saturated heterocycles. The Bertz CT molecular complexity index is 910. The molecule has 0 aliphatic rings. The Labute approximate surface area is 125 Å². The maximum Gasteiger partial charge on any atom is 0.270 e. The molecule has 2 heterocycles. The summed E-state index contributed by atoms with van der Waals surface area (Å²) in [7, 11) is 0. The van der Waals surface area contributed by atoms with Gasteiger partial charge in [0.1, 0.15) is 11.4 Å². The van der Waals surface area contributed by atoms with Crippen molar-refractivity contribution >= 4 is 22.5 Å². The van der Waals surface area contributed by atoms with Crippen LogP contribution in [0.2, 0.25) is 5.02 Å². The summed E-state index contributed by atoms with van der Waals surface area (Å²) in [4.78, 5) is 0. The van der Waals surface area contributed by atoms with Crippen molar-refractivity contribution in [2.24, 2.45) is 0 Å². The summed E-state index contributed by atoms with van der Waals surface area (Å²) in [6.07, 6.45) is 5.45. The van der Waals surface area contributed by atoms with Crippen molar-refractivity contribution in [1.82, 2.24) is 20.0 Å². The average Bonchev–Trinajstić information content (AvgIpc) is 3.16. The van der Waals surface area contributed by atoms with Gasteiger partial charge in [-0.25, -0.2) is 4.57 Å². The summed E-state index contributed by atoms with van der Waals surface area (Å²) in [5.41, 5.74) is 2.84. The van der Waals surface area contributed by atoms with Crippen LogP contribution in [-0.4, -0.2) is 20.0 Å². The highest BCUT2D eigenvalue weighted by molar-refractivity contribution is 6.31. The number of nitrogens with zero attached hydrogens (tertiary/aromatic N) is 4.